The summed E-state index contributed by atoms with van der Waals surface area (Å²) >= 11 is 0. The maximum Gasteiger partial charge on any atom is 0.232 e. The fourth-order valence-electron chi connectivity index (χ4n) is 4.38. The van der Waals surface area contributed by atoms with Gasteiger partial charge in [-0.15, -0.1) is 0 Å². The molecule has 2 unspecified atom stereocenters. The smallest absolute Gasteiger partial charge is 0.232 e. The number of methoxy groups -OCH3 is 1. The standard InChI is InChI=1S/C28H33N3O3/c1-6-18(2)34-26-17-23-19(15-25(26)33-5)16-27(32)31(21-13-11-20(12-14-21)30(3)4)28(23)22-9-7-8-10-24(22)29/h7-15,17-18,28H,6,16,29H2,1-5H3. The van der Waals surface area contributed by atoms with Crippen LogP contribution in [0.25, 0.3) is 0 Å². The first-order valence-corrected chi connectivity index (χ1v) is 11.6. The number of fused-ring (bicyclic) bond motifs is 1. The minimum Gasteiger partial charge on any atom is -0.493 e. The number of hydrogen-bond donors (Lipinski definition) is 1. The average molecular weight is 460 g/mol. The fraction of sp³-hybridized carbons (Fsp3) is 0.321. The number of amides is 1. The van der Waals surface area contributed by atoms with Gasteiger partial charge in [0.2, 0.25) is 5.91 Å². The Morgan fingerprint density at radius 3 is 2.38 bits per heavy atom. The molecule has 1 amide bonds. The average Bonchev–Trinajstić information content (AvgIpc) is 2.83. The summed E-state index contributed by atoms with van der Waals surface area (Å²) in [5, 5.41) is 0. The van der Waals surface area contributed by atoms with Crippen LogP contribution in [-0.4, -0.2) is 33.2 Å². The Balaban J connectivity index is 1.91. The third kappa shape index (κ3) is 4.40. The molecule has 1 aliphatic heterocycles. The van der Waals surface area contributed by atoms with Gasteiger partial charge in [0.15, 0.2) is 11.5 Å². The Hall–Kier alpha value is -3.67. The van der Waals surface area contributed by atoms with E-state index in [0.29, 0.717) is 17.2 Å². The number of ether oxygens (including phenoxy) is 2. The van der Waals surface area contributed by atoms with Crippen molar-refractivity contribution in [3.05, 3.63) is 77.4 Å². The molecule has 0 spiro atoms. The van der Waals surface area contributed by atoms with Gasteiger partial charge in [-0.2, -0.15) is 0 Å². The van der Waals surface area contributed by atoms with Gasteiger partial charge in [0, 0.05) is 36.7 Å². The number of anilines is 3. The lowest BCUT2D eigenvalue weighted by molar-refractivity contribution is -0.118. The predicted molar refractivity (Wildman–Crippen MR) is 138 cm³/mol. The van der Waals surface area contributed by atoms with Gasteiger partial charge in [-0.3, -0.25) is 4.79 Å². The molecule has 0 fully saturated rings. The molecule has 0 saturated carbocycles. The Kier molecular flexibility index (Phi) is 6.68. The Labute approximate surface area is 201 Å². The molecule has 2 atom stereocenters. The summed E-state index contributed by atoms with van der Waals surface area (Å²) in [6, 6.07) is 19.3. The summed E-state index contributed by atoms with van der Waals surface area (Å²) in [6.07, 6.45) is 1.18. The van der Waals surface area contributed by atoms with Crippen LogP contribution in [-0.2, 0) is 11.2 Å². The maximum atomic E-state index is 13.6. The number of hydrogen-bond acceptors (Lipinski definition) is 5. The van der Waals surface area contributed by atoms with Crippen molar-refractivity contribution in [2.45, 2.75) is 38.8 Å². The molecule has 1 aliphatic rings. The molecule has 0 saturated heterocycles. The van der Waals surface area contributed by atoms with E-state index < -0.39 is 0 Å². The van der Waals surface area contributed by atoms with E-state index in [0.717, 1.165) is 34.5 Å². The van der Waals surface area contributed by atoms with Crippen molar-refractivity contribution in [2.24, 2.45) is 0 Å². The van der Waals surface area contributed by atoms with Gasteiger partial charge in [0.25, 0.3) is 0 Å². The monoisotopic (exact) mass is 459 g/mol. The molecule has 2 N–H and O–H groups in total. The fourth-order valence-corrected chi connectivity index (χ4v) is 4.38. The van der Waals surface area contributed by atoms with Gasteiger partial charge in [0.05, 0.1) is 25.7 Å². The van der Waals surface area contributed by atoms with E-state index in [2.05, 4.69) is 6.92 Å². The number of carbonyl (C=O) groups excluding carboxylic acids is 1. The number of nitrogens with two attached hydrogens (primary N) is 1. The van der Waals surface area contributed by atoms with Crippen molar-refractivity contribution >= 4 is 23.0 Å². The molecule has 0 aliphatic carbocycles. The number of benzene rings is 3. The van der Waals surface area contributed by atoms with Crippen molar-refractivity contribution in [1.82, 2.24) is 0 Å². The van der Waals surface area contributed by atoms with E-state index in [1.54, 1.807) is 7.11 Å². The summed E-state index contributed by atoms with van der Waals surface area (Å²) in [5.74, 6) is 1.32. The Morgan fingerprint density at radius 1 is 1.06 bits per heavy atom. The van der Waals surface area contributed by atoms with Gasteiger partial charge in [-0.25, -0.2) is 0 Å². The molecular formula is C28H33N3O3. The number of para-hydroxylation sites is 1. The number of nitrogens with zero attached hydrogens (tertiary/aromatic N) is 2. The largest absolute Gasteiger partial charge is 0.493 e. The molecule has 3 aromatic carbocycles. The van der Waals surface area contributed by atoms with Crippen LogP contribution in [0.4, 0.5) is 17.1 Å². The second-order valence-electron chi connectivity index (χ2n) is 8.92. The van der Waals surface area contributed by atoms with Crippen molar-refractivity contribution in [3.8, 4) is 11.5 Å². The van der Waals surface area contributed by atoms with Gasteiger partial charge in [0.1, 0.15) is 0 Å². The van der Waals surface area contributed by atoms with Gasteiger partial charge in [-0.1, -0.05) is 25.1 Å². The molecule has 178 valence electrons. The summed E-state index contributed by atoms with van der Waals surface area (Å²) in [4.78, 5) is 17.5. The van der Waals surface area contributed by atoms with Crippen molar-refractivity contribution in [1.29, 1.82) is 0 Å². The molecule has 0 aromatic heterocycles. The molecule has 34 heavy (non-hydrogen) atoms. The van der Waals surface area contributed by atoms with Gasteiger partial charge in [-0.05, 0) is 66.9 Å². The van der Waals surface area contributed by atoms with E-state index in [9.17, 15) is 4.79 Å². The second kappa shape index (κ2) is 9.67. The van der Waals surface area contributed by atoms with Crippen molar-refractivity contribution in [3.63, 3.8) is 0 Å². The zero-order valence-electron chi connectivity index (χ0n) is 20.5. The summed E-state index contributed by atoms with van der Waals surface area (Å²) in [5.41, 5.74) is 11.8. The first-order valence-electron chi connectivity index (χ1n) is 11.6. The lowest BCUT2D eigenvalue weighted by Gasteiger charge is -2.38. The number of nitrogen functional groups attached to an aromatic ring is 1. The highest BCUT2D eigenvalue weighted by atomic mass is 16.5. The zero-order valence-corrected chi connectivity index (χ0v) is 20.5. The molecule has 6 nitrogen and oxygen atoms in total. The quantitative estimate of drug-likeness (QED) is 0.492. The van der Waals surface area contributed by atoms with Crippen molar-refractivity contribution < 1.29 is 14.3 Å². The lowest BCUT2D eigenvalue weighted by Crippen LogP contribution is -2.41. The van der Waals surface area contributed by atoms with E-state index in [1.165, 1.54) is 0 Å². The topological polar surface area (TPSA) is 68.0 Å². The second-order valence-corrected chi connectivity index (χ2v) is 8.92. The molecule has 4 rings (SSSR count). The van der Waals surface area contributed by atoms with Gasteiger partial charge >= 0.3 is 0 Å². The van der Waals surface area contributed by atoms with E-state index >= 15 is 0 Å². The van der Waals surface area contributed by atoms with E-state index in [4.69, 9.17) is 15.2 Å². The minimum absolute atomic E-state index is 0.0102. The van der Waals surface area contributed by atoms with Crippen LogP contribution in [0.3, 0.4) is 0 Å². The molecule has 0 bridgehead atoms. The number of carbonyl (C=O) groups is 1. The van der Waals surface area contributed by atoms with E-state index in [1.807, 2.05) is 91.5 Å². The third-order valence-corrected chi connectivity index (χ3v) is 6.43. The third-order valence-electron chi connectivity index (χ3n) is 6.43. The molecule has 6 heteroatoms. The van der Waals surface area contributed by atoms with Crippen molar-refractivity contribution in [2.75, 3.05) is 36.7 Å². The van der Waals surface area contributed by atoms with Crippen LogP contribution < -0.4 is 25.0 Å². The first-order chi connectivity index (χ1) is 16.3. The highest BCUT2D eigenvalue weighted by molar-refractivity contribution is 5.99. The van der Waals surface area contributed by atoms with Crippen LogP contribution >= 0.6 is 0 Å². The van der Waals surface area contributed by atoms with Crippen LogP contribution in [0.2, 0.25) is 0 Å². The molecule has 3 aromatic rings. The molecule has 0 radical (unpaired) electrons. The lowest BCUT2D eigenvalue weighted by atomic mass is 9.86. The molecule has 1 heterocycles. The van der Waals surface area contributed by atoms with Crippen LogP contribution in [0.5, 0.6) is 11.5 Å². The number of rotatable bonds is 7. The summed E-state index contributed by atoms with van der Waals surface area (Å²) in [7, 11) is 5.62. The zero-order chi connectivity index (χ0) is 24.4. The SMILES string of the molecule is CCC(C)Oc1cc2c(cc1OC)CC(=O)N(c1ccc(N(C)C)cc1)C2c1ccccc1N. The predicted octanol–water partition coefficient (Wildman–Crippen LogP) is 5.20. The van der Waals surface area contributed by atoms with E-state index in [-0.39, 0.29) is 24.5 Å². The summed E-state index contributed by atoms with van der Waals surface area (Å²) in [6.45, 7) is 4.12. The van der Waals surface area contributed by atoms with Crippen LogP contribution in [0.15, 0.2) is 60.7 Å². The van der Waals surface area contributed by atoms with Crippen LogP contribution in [0.1, 0.15) is 43.0 Å². The molecular weight excluding hydrogens is 426 g/mol. The highest BCUT2D eigenvalue weighted by Crippen LogP contribution is 2.45. The minimum atomic E-state index is -0.382. The normalized spacial score (nSPS) is 16.1. The summed E-state index contributed by atoms with van der Waals surface area (Å²) < 4.78 is 11.8. The maximum absolute atomic E-state index is 13.6. The first kappa shape index (κ1) is 23.5. The Morgan fingerprint density at radius 2 is 1.76 bits per heavy atom. The van der Waals surface area contributed by atoms with Gasteiger partial charge < -0.3 is 25.0 Å². The highest BCUT2D eigenvalue weighted by Gasteiger charge is 2.37. The Bertz CT molecular complexity index is 1170. The van der Waals surface area contributed by atoms with Crippen LogP contribution in [0, 0.1) is 0 Å².